The van der Waals surface area contributed by atoms with Gasteiger partial charge in [0.2, 0.25) is 0 Å². The summed E-state index contributed by atoms with van der Waals surface area (Å²) in [5.74, 6) is 0.162. The molecule has 2 aromatic heterocycles. The largest absolute Gasteiger partial charge is 0.494 e. The number of nitrogens with zero attached hydrogens (tertiary/aromatic N) is 3. The predicted molar refractivity (Wildman–Crippen MR) is 110 cm³/mol. The highest BCUT2D eigenvalue weighted by Gasteiger charge is 2.09. The fourth-order valence-corrected chi connectivity index (χ4v) is 3.33. The van der Waals surface area contributed by atoms with Gasteiger partial charge in [-0.15, -0.1) is 10.2 Å². The molecule has 0 aliphatic carbocycles. The van der Waals surface area contributed by atoms with E-state index in [1.807, 2.05) is 72.8 Å². The number of rotatable bonds is 3. The van der Waals surface area contributed by atoms with E-state index < -0.39 is 0 Å². The highest BCUT2D eigenvalue weighted by molar-refractivity contribution is 5.91. The quantitative estimate of drug-likeness (QED) is 0.576. The van der Waals surface area contributed by atoms with E-state index in [1.54, 1.807) is 12.4 Å². The van der Waals surface area contributed by atoms with Crippen molar-refractivity contribution in [3.8, 4) is 5.88 Å². The van der Waals surface area contributed by atoms with E-state index in [9.17, 15) is 5.11 Å². The average Bonchev–Trinajstić information content (AvgIpc) is 3.28. The number of aromatic nitrogens is 2. The van der Waals surface area contributed by atoms with Gasteiger partial charge in [0.25, 0.3) is 0 Å². The third-order valence-electron chi connectivity index (χ3n) is 4.72. The van der Waals surface area contributed by atoms with Crippen molar-refractivity contribution < 1.29 is 5.11 Å². The molecule has 1 aliphatic heterocycles. The van der Waals surface area contributed by atoms with Gasteiger partial charge in [0.05, 0.1) is 11.4 Å². The van der Waals surface area contributed by atoms with Gasteiger partial charge in [-0.25, -0.2) is 0 Å². The molecule has 0 saturated carbocycles. The molecule has 0 fully saturated rings. The molecule has 0 bridgehead atoms. The van der Waals surface area contributed by atoms with E-state index in [2.05, 4.69) is 20.2 Å². The molecule has 3 heterocycles. The second-order valence-corrected chi connectivity index (χ2v) is 6.56. The first-order chi connectivity index (χ1) is 13.8. The van der Waals surface area contributed by atoms with Gasteiger partial charge in [0, 0.05) is 34.1 Å². The number of azo groups is 1. The standard InChI is InChI=1S/C23H16N4O/c28-23-19(17-5-1-2-6-20(17)25-23)12-16-7-9-18-21(26-27-22(18)13-16)10-8-15-4-3-11-24-14-15/h1-14,25,28H. The molecule has 2 N–H and O–H groups in total. The molecule has 0 radical (unpaired) electrons. The third kappa shape index (κ3) is 2.89. The van der Waals surface area contributed by atoms with Crippen molar-refractivity contribution in [3.63, 3.8) is 0 Å². The topological polar surface area (TPSA) is 73.6 Å². The Morgan fingerprint density at radius 1 is 0.929 bits per heavy atom. The third-order valence-corrected chi connectivity index (χ3v) is 4.72. The first kappa shape index (κ1) is 16.2. The van der Waals surface area contributed by atoms with Gasteiger partial charge < -0.3 is 10.1 Å². The summed E-state index contributed by atoms with van der Waals surface area (Å²) in [4.78, 5) is 7.11. The Bertz CT molecular complexity index is 1370. The van der Waals surface area contributed by atoms with Crippen LogP contribution in [0, 0.1) is 0 Å². The van der Waals surface area contributed by atoms with Crippen LogP contribution in [0.1, 0.15) is 11.1 Å². The molecule has 2 aromatic carbocycles. The van der Waals surface area contributed by atoms with Crippen molar-refractivity contribution in [2.24, 2.45) is 10.2 Å². The lowest BCUT2D eigenvalue weighted by Gasteiger charge is -1.94. The Kier molecular flexibility index (Phi) is 3.84. The molecule has 0 atom stereocenters. The average molecular weight is 364 g/mol. The van der Waals surface area contributed by atoms with Gasteiger partial charge >= 0.3 is 0 Å². The Balaban J connectivity index is 1.56. The lowest BCUT2D eigenvalue weighted by atomic mass is 10.1. The van der Waals surface area contributed by atoms with Crippen molar-refractivity contribution in [1.82, 2.24) is 9.97 Å². The van der Waals surface area contributed by atoms with E-state index >= 15 is 0 Å². The molecule has 0 spiro atoms. The monoisotopic (exact) mass is 364 g/mol. The SMILES string of the molecule is Oc1[nH]c2ccccc2c1C=c1ccc2c(c1)N=NC=2C=Cc1cccnc1. The minimum Gasteiger partial charge on any atom is -0.494 e. The molecule has 5 heteroatoms. The van der Waals surface area contributed by atoms with Gasteiger partial charge in [-0.3, -0.25) is 4.98 Å². The van der Waals surface area contributed by atoms with Crippen molar-refractivity contribution >= 4 is 34.4 Å². The second-order valence-electron chi connectivity index (χ2n) is 6.56. The lowest BCUT2D eigenvalue weighted by Crippen LogP contribution is -2.08. The zero-order valence-corrected chi connectivity index (χ0v) is 14.9. The Morgan fingerprint density at radius 3 is 2.75 bits per heavy atom. The predicted octanol–water partition coefficient (Wildman–Crippen LogP) is 4.02. The number of aromatic hydroxyl groups is 1. The molecule has 134 valence electrons. The van der Waals surface area contributed by atoms with Crippen molar-refractivity contribution in [1.29, 1.82) is 0 Å². The highest BCUT2D eigenvalue weighted by atomic mass is 16.3. The van der Waals surface area contributed by atoms with Crippen molar-refractivity contribution in [2.75, 3.05) is 0 Å². The van der Waals surface area contributed by atoms with Crippen LogP contribution >= 0.6 is 0 Å². The van der Waals surface area contributed by atoms with Crippen molar-refractivity contribution in [3.05, 3.63) is 94.6 Å². The van der Waals surface area contributed by atoms with Gasteiger partial charge in [0.15, 0.2) is 5.88 Å². The fraction of sp³-hybridized carbons (Fsp3) is 0. The van der Waals surface area contributed by atoms with Crippen LogP contribution in [-0.2, 0) is 0 Å². The number of hydrogen-bond acceptors (Lipinski definition) is 4. The minimum absolute atomic E-state index is 0.162. The molecular formula is C23H16N4O. The first-order valence-corrected chi connectivity index (χ1v) is 8.93. The number of nitrogens with one attached hydrogen (secondary N) is 1. The van der Waals surface area contributed by atoms with E-state index in [1.165, 1.54) is 0 Å². The second kappa shape index (κ2) is 6.63. The van der Waals surface area contributed by atoms with E-state index in [0.717, 1.165) is 43.9 Å². The number of benzene rings is 2. The summed E-state index contributed by atoms with van der Waals surface area (Å²) in [7, 11) is 0. The molecule has 5 rings (SSSR count). The lowest BCUT2D eigenvalue weighted by molar-refractivity contribution is 0.457. The Hall–Kier alpha value is -3.99. The molecule has 0 unspecified atom stereocenters. The molecule has 0 saturated heterocycles. The number of aromatic amines is 1. The summed E-state index contributed by atoms with van der Waals surface area (Å²) >= 11 is 0. The molecule has 4 aromatic rings. The van der Waals surface area contributed by atoms with Crippen LogP contribution in [0.15, 0.2) is 83.3 Å². The van der Waals surface area contributed by atoms with Crippen LogP contribution in [0.5, 0.6) is 5.88 Å². The number of hydrogen-bond donors (Lipinski definition) is 2. The van der Waals surface area contributed by atoms with Crippen LogP contribution in [-0.4, -0.2) is 15.1 Å². The molecule has 28 heavy (non-hydrogen) atoms. The molecule has 0 amide bonds. The van der Waals surface area contributed by atoms with Crippen LogP contribution < -0.4 is 10.4 Å². The summed E-state index contributed by atoms with van der Waals surface area (Å²) < 4.78 is 0. The van der Waals surface area contributed by atoms with E-state index in [4.69, 9.17) is 0 Å². The maximum atomic E-state index is 10.3. The number of pyridine rings is 1. The van der Waals surface area contributed by atoms with Crippen LogP contribution in [0.25, 0.3) is 28.8 Å². The first-order valence-electron chi connectivity index (χ1n) is 8.93. The highest BCUT2D eigenvalue weighted by Crippen LogP contribution is 2.27. The Morgan fingerprint density at radius 2 is 1.86 bits per heavy atom. The van der Waals surface area contributed by atoms with Crippen LogP contribution in [0.4, 0.5) is 5.69 Å². The van der Waals surface area contributed by atoms with Gasteiger partial charge in [-0.2, -0.15) is 0 Å². The number of para-hydroxylation sites is 1. The van der Waals surface area contributed by atoms with Gasteiger partial charge in [0.1, 0.15) is 0 Å². The van der Waals surface area contributed by atoms with E-state index in [0.29, 0.717) is 0 Å². The number of fused-ring (bicyclic) bond motifs is 2. The van der Waals surface area contributed by atoms with Gasteiger partial charge in [-0.1, -0.05) is 36.4 Å². The summed E-state index contributed by atoms with van der Waals surface area (Å²) in [5, 5.41) is 21.8. The maximum absolute atomic E-state index is 10.3. The summed E-state index contributed by atoms with van der Waals surface area (Å²) in [6, 6.07) is 17.7. The summed E-state index contributed by atoms with van der Waals surface area (Å²) in [5.41, 5.74) is 4.33. The molecule has 1 aliphatic rings. The normalized spacial score (nSPS) is 13.7. The van der Waals surface area contributed by atoms with Crippen LogP contribution in [0.3, 0.4) is 0 Å². The van der Waals surface area contributed by atoms with Crippen LogP contribution in [0.2, 0.25) is 0 Å². The maximum Gasteiger partial charge on any atom is 0.196 e. The molecule has 5 nitrogen and oxygen atoms in total. The summed E-state index contributed by atoms with van der Waals surface area (Å²) in [6.07, 6.45) is 9.42. The fourth-order valence-electron chi connectivity index (χ4n) is 3.33. The smallest absolute Gasteiger partial charge is 0.196 e. The zero-order valence-electron chi connectivity index (χ0n) is 14.9. The summed E-state index contributed by atoms with van der Waals surface area (Å²) in [6.45, 7) is 0. The molecular weight excluding hydrogens is 348 g/mol. The van der Waals surface area contributed by atoms with E-state index in [-0.39, 0.29) is 5.88 Å². The minimum atomic E-state index is 0.162. The van der Waals surface area contributed by atoms with Gasteiger partial charge in [-0.05, 0) is 47.2 Å². The Labute approximate surface area is 160 Å². The zero-order chi connectivity index (χ0) is 18.9. The van der Waals surface area contributed by atoms with Crippen molar-refractivity contribution in [2.45, 2.75) is 0 Å². The number of H-pyrrole nitrogens is 1.